The van der Waals surface area contributed by atoms with Crippen molar-refractivity contribution in [3.8, 4) is 0 Å². The van der Waals surface area contributed by atoms with Gasteiger partial charge in [0.05, 0.1) is 5.69 Å². The number of anilines is 1. The zero-order valence-electron chi connectivity index (χ0n) is 7.26. The third kappa shape index (κ3) is 1.66. The molecule has 14 heavy (non-hydrogen) atoms. The fraction of sp³-hybridized carbons (Fsp3) is 0.222. The second-order valence-electron chi connectivity index (χ2n) is 3.02. The molecule has 1 aliphatic rings. The summed E-state index contributed by atoms with van der Waals surface area (Å²) in [5.74, 6) is -1.99. The van der Waals surface area contributed by atoms with Crippen LogP contribution >= 0.6 is 0 Å². The van der Waals surface area contributed by atoms with Gasteiger partial charge in [-0.1, -0.05) is 6.07 Å². The van der Waals surface area contributed by atoms with Crippen molar-refractivity contribution in [1.82, 2.24) is 4.90 Å². The van der Waals surface area contributed by atoms with Gasteiger partial charge in [0.25, 0.3) is 0 Å². The molecule has 1 fully saturated rings. The molecule has 0 unspecified atom stereocenters. The summed E-state index contributed by atoms with van der Waals surface area (Å²) in [6, 6.07) is 3.27. The summed E-state index contributed by atoms with van der Waals surface area (Å²) >= 11 is 0. The smallest absolute Gasteiger partial charge is 0.321 e. The maximum absolute atomic E-state index is 13.0. The zero-order chi connectivity index (χ0) is 10.1. The van der Waals surface area contributed by atoms with Crippen molar-refractivity contribution < 1.29 is 13.6 Å². The summed E-state index contributed by atoms with van der Waals surface area (Å²) in [5.41, 5.74) is -0.123. The van der Waals surface area contributed by atoms with Gasteiger partial charge in [0.1, 0.15) is 0 Å². The lowest BCUT2D eigenvalue weighted by atomic mass is 10.3. The van der Waals surface area contributed by atoms with Crippen molar-refractivity contribution in [2.24, 2.45) is 0 Å². The fourth-order valence-corrected chi connectivity index (χ4v) is 1.05. The molecule has 1 heterocycles. The van der Waals surface area contributed by atoms with Crippen LogP contribution in [-0.2, 0) is 0 Å². The lowest BCUT2D eigenvalue weighted by Gasteiger charge is -2.06. The van der Waals surface area contributed by atoms with Gasteiger partial charge < -0.3 is 10.2 Å². The normalized spacial score (nSPS) is 14.0. The summed E-state index contributed by atoms with van der Waals surface area (Å²) in [7, 11) is 0. The van der Waals surface area contributed by atoms with Gasteiger partial charge in [-0.25, -0.2) is 13.6 Å². The molecule has 3 nitrogen and oxygen atoms in total. The number of nitrogens with zero attached hydrogens (tertiary/aromatic N) is 1. The van der Waals surface area contributed by atoms with Crippen molar-refractivity contribution in [3.05, 3.63) is 29.8 Å². The lowest BCUT2D eigenvalue weighted by Crippen LogP contribution is -2.19. The molecule has 1 aromatic carbocycles. The van der Waals surface area contributed by atoms with E-state index in [1.54, 1.807) is 0 Å². The summed E-state index contributed by atoms with van der Waals surface area (Å²) in [4.78, 5) is 12.6. The van der Waals surface area contributed by atoms with E-state index >= 15 is 0 Å². The van der Waals surface area contributed by atoms with Gasteiger partial charge in [0.15, 0.2) is 11.6 Å². The molecule has 2 rings (SSSR count). The summed E-state index contributed by atoms with van der Waals surface area (Å²) in [6.07, 6.45) is 0. The number of hydrogen-bond donors (Lipinski definition) is 1. The van der Waals surface area contributed by atoms with Crippen LogP contribution in [0, 0.1) is 11.6 Å². The van der Waals surface area contributed by atoms with Crippen molar-refractivity contribution in [2.75, 3.05) is 18.4 Å². The van der Waals surface area contributed by atoms with Crippen LogP contribution in [0.2, 0.25) is 0 Å². The van der Waals surface area contributed by atoms with Crippen molar-refractivity contribution >= 4 is 11.7 Å². The SMILES string of the molecule is O=C(Nc1cccc(F)c1F)N1CC1. The molecule has 0 saturated carbocycles. The summed E-state index contributed by atoms with van der Waals surface area (Å²) < 4.78 is 25.7. The van der Waals surface area contributed by atoms with Gasteiger partial charge in [-0.15, -0.1) is 0 Å². The molecular formula is C9H8F2N2O. The number of amides is 2. The average Bonchev–Trinajstić information content (AvgIpc) is 2.95. The highest BCUT2D eigenvalue weighted by Gasteiger charge is 2.24. The first kappa shape index (κ1) is 8.93. The second-order valence-corrected chi connectivity index (χ2v) is 3.02. The van der Waals surface area contributed by atoms with Gasteiger partial charge in [0, 0.05) is 13.1 Å². The molecular weight excluding hydrogens is 190 g/mol. The monoisotopic (exact) mass is 198 g/mol. The van der Waals surface area contributed by atoms with Gasteiger partial charge in [0.2, 0.25) is 0 Å². The van der Waals surface area contributed by atoms with E-state index in [-0.39, 0.29) is 5.69 Å². The molecule has 0 bridgehead atoms. The maximum atomic E-state index is 13.0. The Bertz CT molecular complexity index is 377. The highest BCUT2D eigenvalue weighted by Crippen LogP contribution is 2.18. The predicted octanol–water partition coefficient (Wildman–Crippen LogP) is 1.81. The van der Waals surface area contributed by atoms with Gasteiger partial charge >= 0.3 is 6.03 Å². The predicted molar refractivity (Wildman–Crippen MR) is 46.9 cm³/mol. The molecule has 1 saturated heterocycles. The third-order valence-electron chi connectivity index (χ3n) is 1.93. The number of nitrogens with one attached hydrogen (secondary N) is 1. The Kier molecular flexibility index (Phi) is 2.07. The maximum Gasteiger partial charge on any atom is 0.322 e. The highest BCUT2D eigenvalue weighted by atomic mass is 19.2. The van der Waals surface area contributed by atoms with Crippen molar-refractivity contribution in [2.45, 2.75) is 0 Å². The van der Waals surface area contributed by atoms with Crippen LogP contribution < -0.4 is 5.32 Å². The number of hydrogen-bond acceptors (Lipinski definition) is 1. The average molecular weight is 198 g/mol. The van der Waals surface area contributed by atoms with Crippen LogP contribution in [0.5, 0.6) is 0 Å². The molecule has 1 N–H and O–H groups in total. The van der Waals surface area contributed by atoms with E-state index in [0.29, 0.717) is 13.1 Å². The zero-order valence-corrected chi connectivity index (χ0v) is 7.26. The largest absolute Gasteiger partial charge is 0.322 e. The van der Waals surface area contributed by atoms with E-state index in [4.69, 9.17) is 0 Å². The lowest BCUT2D eigenvalue weighted by molar-refractivity contribution is 0.242. The number of carbonyl (C=O) groups is 1. The second kappa shape index (κ2) is 3.25. The Morgan fingerprint density at radius 1 is 1.36 bits per heavy atom. The first-order valence-electron chi connectivity index (χ1n) is 4.18. The highest BCUT2D eigenvalue weighted by molar-refractivity contribution is 5.90. The van der Waals surface area contributed by atoms with Crippen LogP contribution in [0.25, 0.3) is 0 Å². The number of rotatable bonds is 1. The minimum Gasteiger partial charge on any atom is -0.321 e. The van der Waals surface area contributed by atoms with Crippen LogP contribution in [0.1, 0.15) is 0 Å². The standard InChI is InChI=1S/C9H8F2N2O/c10-6-2-1-3-7(8(6)11)12-9(14)13-4-5-13/h1-3H,4-5H2,(H,12,14). The Morgan fingerprint density at radius 3 is 2.71 bits per heavy atom. The van der Waals surface area contributed by atoms with Crippen LogP contribution in [-0.4, -0.2) is 24.0 Å². The van der Waals surface area contributed by atoms with E-state index in [1.807, 2.05) is 0 Å². The van der Waals surface area contributed by atoms with E-state index in [0.717, 1.165) is 6.07 Å². The number of urea groups is 1. The molecule has 5 heteroatoms. The first-order valence-corrected chi connectivity index (χ1v) is 4.18. The Balaban J connectivity index is 2.15. The molecule has 74 valence electrons. The molecule has 0 atom stereocenters. The van der Waals surface area contributed by atoms with E-state index < -0.39 is 17.7 Å². The van der Waals surface area contributed by atoms with Crippen molar-refractivity contribution in [1.29, 1.82) is 0 Å². The van der Waals surface area contributed by atoms with Gasteiger partial charge in [-0.3, -0.25) is 0 Å². The van der Waals surface area contributed by atoms with Crippen LogP contribution in [0.4, 0.5) is 19.3 Å². The number of halogens is 2. The van der Waals surface area contributed by atoms with Gasteiger partial charge in [-0.2, -0.15) is 0 Å². The third-order valence-corrected chi connectivity index (χ3v) is 1.93. The van der Waals surface area contributed by atoms with E-state index in [1.165, 1.54) is 17.0 Å². The van der Waals surface area contributed by atoms with E-state index in [9.17, 15) is 13.6 Å². The topological polar surface area (TPSA) is 32.1 Å². The Labute approximate surface area is 79.3 Å². The molecule has 0 radical (unpaired) electrons. The Hall–Kier alpha value is -1.65. The summed E-state index contributed by atoms with van der Waals surface area (Å²) in [6.45, 7) is 1.34. The minimum absolute atomic E-state index is 0.123. The molecule has 1 aliphatic heterocycles. The van der Waals surface area contributed by atoms with Crippen LogP contribution in [0.3, 0.4) is 0 Å². The minimum atomic E-state index is -1.03. The molecule has 1 aromatic rings. The molecule has 0 spiro atoms. The Morgan fingerprint density at radius 2 is 2.07 bits per heavy atom. The van der Waals surface area contributed by atoms with Crippen LogP contribution in [0.15, 0.2) is 18.2 Å². The first-order chi connectivity index (χ1) is 6.68. The quantitative estimate of drug-likeness (QED) is 0.686. The summed E-state index contributed by atoms with van der Waals surface area (Å²) in [5, 5.41) is 2.28. The van der Waals surface area contributed by atoms with Gasteiger partial charge in [-0.05, 0) is 12.1 Å². The van der Waals surface area contributed by atoms with E-state index in [2.05, 4.69) is 5.32 Å². The number of benzene rings is 1. The molecule has 0 aromatic heterocycles. The fourth-order valence-electron chi connectivity index (χ4n) is 1.05. The van der Waals surface area contributed by atoms with Crippen molar-refractivity contribution in [3.63, 3.8) is 0 Å². The number of carbonyl (C=O) groups excluding carboxylic acids is 1. The molecule has 0 aliphatic carbocycles. The molecule has 2 amide bonds.